The predicted octanol–water partition coefficient (Wildman–Crippen LogP) is 1.33. The van der Waals surface area contributed by atoms with Crippen molar-refractivity contribution in [1.82, 2.24) is 0 Å². The summed E-state index contributed by atoms with van der Waals surface area (Å²) in [5.41, 5.74) is 3.70. The van der Waals surface area contributed by atoms with Crippen molar-refractivity contribution in [3.63, 3.8) is 0 Å². The van der Waals surface area contributed by atoms with Gasteiger partial charge in [-0.3, -0.25) is 0 Å². The van der Waals surface area contributed by atoms with Crippen LogP contribution in [0.4, 0.5) is 0 Å². The van der Waals surface area contributed by atoms with E-state index < -0.39 is 10.8 Å². The highest BCUT2D eigenvalue weighted by Crippen LogP contribution is 2.62. The molecule has 0 fully saturated rings. The van der Waals surface area contributed by atoms with Gasteiger partial charge in [-0.2, -0.15) is 0 Å². The fourth-order valence-corrected chi connectivity index (χ4v) is 3.30. The molecule has 0 spiro atoms. The highest BCUT2D eigenvalue weighted by Gasteiger charge is 2.40. The zero-order valence-electron chi connectivity index (χ0n) is 8.29. The normalized spacial score (nSPS) is 19.3. The molecule has 1 aromatic rings. The van der Waals surface area contributed by atoms with Crippen LogP contribution in [-0.4, -0.2) is 16.5 Å². The molecule has 0 heterocycles. The van der Waals surface area contributed by atoms with Gasteiger partial charge in [0.25, 0.3) is 0 Å². The van der Waals surface area contributed by atoms with E-state index in [2.05, 4.69) is 12.2 Å². The van der Waals surface area contributed by atoms with Gasteiger partial charge < -0.3 is 15.7 Å². The number of hydrogen-bond acceptors (Lipinski definition) is 3. The maximum absolute atomic E-state index is 10.3. The van der Waals surface area contributed by atoms with E-state index in [4.69, 9.17) is 17.5 Å². The van der Waals surface area contributed by atoms with E-state index >= 15 is 0 Å². The van der Waals surface area contributed by atoms with Gasteiger partial charge in [0.2, 0.25) is 0 Å². The molecule has 1 aromatic carbocycles. The maximum Gasteiger partial charge on any atom is 0.161 e. The van der Waals surface area contributed by atoms with Crippen molar-refractivity contribution in [2.24, 2.45) is 5.73 Å². The van der Waals surface area contributed by atoms with E-state index in [1.54, 1.807) is 12.1 Å². The van der Waals surface area contributed by atoms with Crippen molar-refractivity contribution in [3.8, 4) is 0 Å². The number of benzene rings is 1. The van der Waals surface area contributed by atoms with Gasteiger partial charge in [-0.05, 0) is 18.1 Å². The third-order valence-electron chi connectivity index (χ3n) is 2.34. The van der Waals surface area contributed by atoms with Crippen LogP contribution < -0.4 is 5.73 Å². The Hall–Kier alpha value is 0.1000. The molecule has 84 valence electrons. The Balaban J connectivity index is 3.37. The Labute approximate surface area is 99.6 Å². The molecule has 0 bridgehead atoms. The predicted molar refractivity (Wildman–Crippen MR) is 69.6 cm³/mol. The Morgan fingerprint density at radius 3 is 2.47 bits per heavy atom. The number of thiol groups is 1. The van der Waals surface area contributed by atoms with E-state index in [9.17, 15) is 10.00 Å². The number of nitrogens with two attached hydrogens (primary N) is 1. The van der Waals surface area contributed by atoms with E-state index in [1.807, 2.05) is 19.1 Å². The van der Waals surface area contributed by atoms with Crippen molar-refractivity contribution in [2.75, 3.05) is 6.54 Å². The van der Waals surface area contributed by atoms with Crippen molar-refractivity contribution in [1.29, 1.82) is 0 Å². The van der Waals surface area contributed by atoms with Gasteiger partial charge in [0.15, 0.2) is 10.8 Å². The van der Waals surface area contributed by atoms with Crippen molar-refractivity contribution < 1.29 is 10.00 Å². The quantitative estimate of drug-likeness (QED) is 0.491. The minimum absolute atomic E-state index is 0.144. The largest absolute Gasteiger partial charge is 0.375 e. The second kappa shape index (κ2) is 4.53. The van der Waals surface area contributed by atoms with Gasteiger partial charge in [0.05, 0.1) is 0 Å². The smallest absolute Gasteiger partial charge is 0.161 e. The lowest BCUT2D eigenvalue weighted by molar-refractivity contribution is 0.131. The average molecular weight is 263 g/mol. The van der Waals surface area contributed by atoms with E-state index in [1.165, 1.54) is 0 Å². The standard InChI is InChI=1S/C9H14NO2PS2/c1-7-4-2-3-5-8(7)9(11,6-10)13(12,14)15/h2-5,11H,6,10H2,1H3,(H2,12,14,15). The molecule has 2 atom stereocenters. The molecule has 15 heavy (non-hydrogen) atoms. The van der Waals surface area contributed by atoms with E-state index in [0.717, 1.165) is 5.56 Å². The molecule has 1 rings (SSSR count). The van der Waals surface area contributed by atoms with Gasteiger partial charge in [-0.15, -0.1) is 12.2 Å². The van der Waals surface area contributed by atoms with Crippen LogP contribution in [-0.2, 0) is 17.1 Å². The molecule has 0 saturated heterocycles. The van der Waals surface area contributed by atoms with Crippen LogP contribution in [0.2, 0.25) is 0 Å². The van der Waals surface area contributed by atoms with E-state index in [0.29, 0.717) is 5.56 Å². The first-order valence-electron chi connectivity index (χ1n) is 4.37. The minimum Gasteiger partial charge on any atom is -0.375 e. The summed E-state index contributed by atoms with van der Waals surface area (Å²) < 4.78 is 0. The maximum atomic E-state index is 10.3. The van der Waals surface area contributed by atoms with Crippen LogP contribution in [0.5, 0.6) is 0 Å². The summed E-state index contributed by atoms with van der Waals surface area (Å²) in [6.45, 7) is 1.68. The van der Waals surface area contributed by atoms with Gasteiger partial charge in [-0.25, -0.2) is 0 Å². The SMILES string of the molecule is Cc1ccccc1C(O)(CN)P(O)(=S)S. The molecule has 0 saturated carbocycles. The van der Waals surface area contributed by atoms with Crippen LogP contribution in [0.15, 0.2) is 24.3 Å². The van der Waals surface area contributed by atoms with Crippen molar-refractivity contribution in [2.45, 2.75) is 12.3 Å². The van der Waals surface area contributed by atoms with Crippen LogP contribution in [0, 0.1) is 6.92 Å². The van der Waals surface area contributed by atoms with Crippen LogP contribution in [0.1, 0.15) is 11.1 Å². The minimum atomic E-state index is -3.18. The zero-order chi connectivity index (χ0) is 11.7. The number of hydrogen-bond donors (Lipinski definition) is 4. The first-order chi connectivity index (χ1) is 6.83. The van der Waals surface area contributed by atoms with Gasteiger partial charge in [0, 0.05) is 6.54 Å². The highest BCUT2D eigenvalue weighted by atomic mass is 32.9. The van der Waals surface area contributed by atoms with Crippen LogP contribution >= 0.6 is 17.7 Å². The van der Waals surface area contributed by atoms with Crippen molar-refractivity contribution >= 4 is 29.5 Å². The topological polar surface area (TPSA) is 66.5 Å². The average Bonchev–Trinajstić information content (AvgIpc) is 2.15. The van der Waals surface area contributed by atoms with Crippen LogP contribution in [0.25, 0.3) is 0 Å². The first kappa shape index (κ1) is 13.2. The molecule has 0 aliphatic carbocycles. The molecular formula is C9H14NO2PS2. The Kier molecular flexibility index (Phi) is 3.98. The Bertz CT molecular complexity index is 407. The zero-order valence-corrected chi connectivity index (χ0v) is 10.9. The molecule has 0 aliphatic rings. The summed E-state index contributed by atoms with van der Waals surface area (Å²) in [6, 6.07) is 7.14. The fraction of sp³-hybridized carbons (Fsp3) is 0.333. The molecule has 0 aliphatic heterocycles. The third-order valence-corrected chi connectivity index (χ3v) is 5.63. The first-order valence-corrected chi connectivity index (χ1v) is 8.28. The lowest BCUT2D eigenvalue weighted by atomic mass is 10.0. The molecule has 2 unspecified atom stereocenters. The summed E-state index contributed by atoms with van der Waals surface area (Å²) in [5.74, 6) is 0. The number of aliphatic hydroxyl groups is 1. The molecule has 6 heteroatoms. The number of rotatable bonds is 3. The second-order valence-electron chi connectivity index (χ2n) is 3.38. The summed E-state index contributed by atoms with van der Waals surface area (Å²) in [6.07, 6.45) is 0. The van der Waals surface area contributed by atoms with E-state index in [-0.39, 0.29) is 6.54 Å². The Morgan fingerprint density at radius 2 is 2.07 bits per heavy atom. The molecule has 0 amide bonds. The van der Waals surface area contributed by atoms with Gasteiger partial charge in [0.1, 0.15) is 0 Å². The van der Waals surface area contributed by atoms with Gasteiger partial charge in [-0.1, -0.05) is 36.1 Å². The van der Waals surface area contributed by atoms with Gasteiger partial charge >= 0.3 is 0 Å². The highest BCUT2D eigenvalue weighted by molar-refractivity contribution is 8.61. The molecule has 0 radical (unpaired) electrons. The monoisotopic (exact) mass is 263 g/mol. The molecule has 4 N–H and O–H groups in total. The van der Waals surface area contributed by atoms with Crippen molar-refractivity contribution in [3.05, 3.63) is 35.4 Å². The summed E-state index contributed by atoms with van der Waals surface area (Å²) in [7, 11) is 0. The molecule has 3 nitrogen and oxygen atoms in total. The number of aryl methyl sites for hydroxylation is 1. The Morgan fingerprint density at radius 1 is 1.53 bits per heavy atom. The lowest BCUT2D eigenvalue weighted by Crippen LogP contribution is -2.34. The summed E-state index contributed by atoms with van der Waals surface area (Å²) in [4.78, 5) is 9.77. The second-order valence-corrected chi connectivity index (χ2v) is 9.34. The fourth-order valence-electron chi connectivity index (χ4n) is 1.41. The van der Waals surface area contributed by atoms with Crippen LogP contribution in [0.3, 0.4) is 0 Å². The molecular weight excluding hydrogens is 249 g/mol. The summed E-state index contributed by atoms with van der Waals surface area (Å²) >= 11 is 8.79. The molecule has 0 aromatic heterocycles. The lowest BCUT2D eigenvalue weighted by Gasteiger charge is -2.32. The summed E-state index contributed by atoms with van der Waals surface area (Å²) in [5, 5.41) is 8.69. The third kappa shape index (κ3) is 2.44.